The standard InChI is InChI=1S/C53H42/c1-5-13-48(14-6-1)52(49-15-7-2-8-16-49)38-42-25-33-46(34-26-42)44-29-21-40(22-30-44)37-41-23-31-45(32-24-41)47-35-27-43(28-36-47)39-53(50-17-9-3-10-18-50)51-19-11-4-12-20-51/h1-27,29-35,38-39H,28,36-37H2. The van der Waals surface area contributed by atoms with Crippen LogP contribution >= 0.6 is 0 Å². The maximum absolute atomic E-state index is 2.37. The van der Waals surface area contributed by atoms with Crippen molar-refractivity contribution in [1.29, 1.82) is 0 Å². The van der Waals surface area contributed by atoms with E-state index < -0.39 is 0 Å². The van der Waals surface area contributed by atoms with Gasteiger partial charge in [0.1, 0.15) is 0 Å². The van der Waals surface area contributed by atoms with Crippen LogP contribution in [0.2, 0.25) is 0 Å². The molecule has 0 aromatic heterocycles. The third-order valence-corrected chi connectivity index (χ3v) is 10.1. The fraction of sp³-hybridized carbons (Fsp3) is 0.0566. The van der Waals surface area contributed by atoms with Crippen molar-refractivity contribution >= 4 is 22.8 Å². The monoisotopic (exact) mass is 678 g/mol. The number of benzene rings is 7. The van der Waals surface area contributed by atoms with Gasteiger partial charge in [-0.2, -0.15) is 0 Å². The smallest absolute Gasteiger partial charge is 0.00258 e. The van der Waals surface area contributed by atoms with E-state index in [0.29, 0.717) is 0 Å². The Morgan fingerprint density at radius 1 is 0.358 bits per heavy atom. The second-order valence-corrected chi connectivity index (χ2v) is 13.7. The molecule has 0 saturated carbocycles. The Kier molecular flexibility index (Phi) is 10.3. The summed E-state index contributed by atoms with van der Waals surface area (Å²) < 4.78 is 0. The van der Waals surface area contributed by atoms with Gasteiger partial charge in [-0.3, -0.25) is 0 Å². The summed E-state index contributed by atoms with van der Waals surface area (Å²) in [5.41, 5.74) is 17.8. The zero-order valence-corrected chi connectivity index (χ0v) is 29.9. The quantitative estimate of drug-likeness (QED) is 0.126. The normalized spacial score (nSPS) is 12.3. The summed E-state index contributed by atoms with van der Waals surface area (Å²) in [5.74, 6) is 0. The molecular formula is C53H42. The summed E-state index contributed by atoms with van der Waals surface area (Å²) in [6.45, 7) is 0. The molecule has 0 fully saturated rings. The maximum Gasteiger partial charge on any atom is -0.00258 e. The Morgan fingerprint density at radius 2 is 0.755 bits per heavy atom. The molecule has 0 unspecified atom stereocenters. The van der Waals surface area contributed by atoms with E-state index in [9.17, 15) is 0 Å². The highest BCUT2D eigenvalue weighted by Crippen LogP contribution is 2.32. The van der Waals surface area contributed by atoms with E-state index in [1.165, 1.54) is 77.9 Å². The molecule has 53 heavy (non-hydrogen) atoms. The lowest BCUT2D eigenvalue weighted by atomic mass is 9.89. The van der Waals surface area contributed by atoms with Crippen LogP contribution < -0.4 is 0 Å². The van der Waals surface area contributed by atoms with Crippen molar-refractivity contribution < 1.29 is 0 Å². The molecule has 0 nitrogen and oxygen atoms in total. The minimum absolute atomic E-state index is 0.918. The van der Waals surface area contributed by atoms with Crippen LogP contribution in [-0.4, -0.2) is 0 Å². The van der Waals surface area contributed by atoms with Crippen LogP contribution in [0.15, 0.2) is 218 Å². The molecule has 0 saturated heterocycles. The predicted molar refractivity (Wildman–Crippen MR) is 226 cm³/mol. The first-order chi connectivity index (χ1) is 26.2. The van der Waals surface area contributed by atoms with Gasteiger partial charge in [-0.1, -0.05) is 212 Å². The van der Waals surface area contributed by atoms with E-state index in [1.54, 1.807) is 0 Å². The van der Waals surface area contributed by atoms with Crippen LogP contribution in [0.1, 0.15) is 57.3 Å². The van der Waals surface area contributed by atoms with E-state index in [0.717, 1.165) is 19.3 Å². The van der Waals surface area contributed by atoms with Gasteiger partial charge in [0.2, 0.25) is 0 Å². The van der Waals surface area contributed by atoms with Crippen molar-refractivity contribution in [1.82, 2.24) is 0 Å². The Labute approximate surface area is 314 Å². The average molecular weight is 679 g/mol. The van der Waals surface area contributed by atoms with Crippen LogP contribution in [-0.2, 0) is 6.42 Å². The second-order valence-electron chi connectivity index (χ2n) is 13.7. The lowest BCUT2D eigenvalue weighted by Crippen LogP contribution is -1.95. The van der Waals surface area contributed by atoms with Gasteiger partial charge in [-0.15, -0.1) is 0 Å². The van der Waals surface area contributed by atoms with E-state index in [2.05, 4.69) is 218 Å². The molecule has 0 radical (unpaired) electrons. The van der Waals surface area contributed by atoms with Crippen LogP contribution in [0.25, 0.3) is 33.9 Å². The van der Waals surface area contributed by atoms with Gasteiger partial charge in [0, 0.05) is 0 Å². The Morgan fingerprint density at radius 3 is 1.17 bits per heavy atom. The van der Waals surface area contributed by atoms with Gasteiger partial charge >= 0.3 is 0 Å². The van der Waals surface area contributed by atoms with Crippen molar-refractivity contribution in [3.63, 3.8) is 0 Å². The predicted octanol–water partition coefficient (Wildman–Crippen LogP) is 13.8. The molecule has 0 aliphatic heterocycles. The first kappa shape index (κ1) is 33.6. The summed E-state index contributed by atoms with van der Waals surface area (Å²) >= 11 is 0. The zero-order chi connectivity index (χ0) is 35.7. The van der Waals surface area contributed by atoms with Gasteiger partial charge in [-0.05, 0) is 103 Å². The maximum atomic E-state index is 2.37. The van der Waals surface area contributed by atoms with Gasteiger partial charge in [0.25, 0.3) is 0 Å². The third-order valence-electron chi connectivity index (χ3n) is 10.1. The molecule has 8 rings (SSSR count). The second kappa shape index (κ2) is 16.2. The van der Waals surface area contributed by atoms with Gasteiger partial charge < -0.3 is 0 Å². The highest BCUT2D eigenvalue weighted by atomic mass is 14.2. The molecule has 0 heteroatoms. The molecule has 1 aliphatic rings. The molecule has 1 aliphatic carbocycles. The minimum atomic E-state index is 0.918. The van der Waals surface area contributed by atoms with Crippen molar-refractivity contribution in [3.8, 4) is 11.1 Å². The number of hydrogen-bond acceptors (Lipinski definition) is 0. The molecular weight excluding hydrogens is 637 g/mol. The molecule has 0 amide bonds. The molecule has 254 valence electrons. The molecule has 0 N–H and O–H groups in total. The van der Waals surface area contributed by atoms with Crippen molar-refractivity contribution in [3.05, 3.63) is 262 Å². The lowest BCUT2D eigenvalue weighted by molar-refractivity contribution is 1.01. The van der Waals surface area contributed by atoms with Crippen LogP contribution in [0.5, 0.6) is 0 Å². The minimum Gasteiger partial charge on any atom is -0.0622 e. The van der Waals surface area contributed by atoms with E-state index in [4.69, 9.17) is 0 Å². The number of allylic oxidation sites excluding steroid dienone is 5. The molecule has 7 aromatic carbocycles. The van der Waals surface area contributed by atoms with Crippen molar-refractivity contribution in [2.45, 2.75) is 19.3 Å². The zero-order valence-electron chi connectivity index (χ0n) is 29.9. The van der Waals surface area contributed by atoms with Crippen LogP contribution in [0.4, 0.5) is 0 Å². The average Bonchev–Trinajstić information content (AvgIpc) is 3.24. The van der Waals surface area contributed by atoms with Crippen molar-refractivity contribution in [2.24, 2.45) is 0 Å². The summed E-state index contributed by atoms with van der Waals surface area (Å²) in [6, 6.07) is 69.8. The van der Waals surface area contributed by atoms with Crippen LogP contribution in [0, 0.1) is 0 Å². The Balaban J connectivity index is 0.927. The summed E-state index contributed by atoms with van der Waals surface area (Å²) in [6.07, 6.45) is 12.3. The highest BCUT2D eigenvalue weighted by Gasteiger charge is 2.11. The number of rotatable bonds is 10. The summed E-state index contributed by atoms with van der Waals surface area (Å²) in [5, 5.41) is 0. The third kappa shape index (κ3) is 8.36. The number of hydrogen-bond donors (Lipinski definition) is 0. The lowest BCUT2D eigenvalue weighted by Gasteiger charge is -2.16. The van der Waals surface area contributed by atoms with Gasteiger partial charge in [-0.25, -0.2) is 0 Å². The first-order valence-electron chi connectivity index (χ1n) is 18.6. The molecule has 0 heterocycles. The topological polar surface area (TPSA) is 0 Å². The first-order valence-corrected chi connectivity index (χ1v) is 18.6. The Hall–Kier alpha value is -6.50. The van der Waals surface area contributed by atoms with E-state index in [-0.39, 0.29) is 0 Å². The fourth-order valence-electron chi connectivity index (χ4n) is 7.16. The van der Waals surface area contributed by atoms with E-state index in [1.807, 2.05) is 0 Å². The molecule has 0 atom stereocenters. The van der Waals surface area contributed by atoms with Crippen LogP contribution in [0.3, 0.4) is 0 Å². The van der Waals surface area contributed by atoms with Gasteiger partial charge in [0.15, 0.2) is 0 Å². The molecule has 0 bridgehead atoms. The van der Waals surface area contributed by atoms with E-state index >= 15 is 0 Å². The van der Waals surface area contributed by atoms with Gasteiger partial charge in [0.05, 0.1) is 0 Å². The summed E-state index contributed by atoms with van der Waals surface area (Å²) in [4.78, 5) is 0. The largest absolute Gasteiger partial charge is 0.0622 e. The SMILES string of the molecule is C1=C(C=C(c2ccccc2)c2ccccc2)CCC(c2ccc(Cc3ccc(-c4ccc(C=C(c5ccccc5)c5ccccc5)cc4)cc3)cc2)=C1. The Bertz CT molecular complexity index is 2290. The summed E-state index contributed by atoms with van der Waals surface area (Å²) in [7, 11) is 0. The molecule has 7 aromatic rings. The van der Waals surface area contributed by atoms with Crippen molar-refractivity contribution in [2.75, 3.05) is 0 Å². The fourth-order valence-corrected chi connectivity index (χ4v) is 7.16. The molecule has 0 spiro atoms. The highest BCUT2D eigenvalue weighted by molar-refractivity contribution is 5.91.